The van der Waals surface area contributed by atoms with Crippen LogP contribution in [0.25, 0.3) is 0 Å². The minimum Gasteiger partial charge on any atom is -0.459 e. The summed E-state index contributed by atoms with van der Waals surface area (Å²) in [6, 6.07) is 2.36. The summed E-state index contributed by atoms with van der Waals surface area (Å²) in [4.78, 5) is 11.4. The Hall–Kier alpha value is -1.79. The maximum atomic E-state index is 13.3. The van der Waals surface area contributed by atoms with Crippen molar-refractivity contribution in [2.75, 3.05) is 11.9 Å². The zero-order valence-electron chi connectivity index (χ0n) is 11.3. The Morgan fingerprint density at radius 1 is 1.25 bits per heavy atom. The van der Waals surface area contributed by atoms with Gasteiger partial charge >= 0.3 is 12.1 Å². The Morgan fingerprint density at radius 3 is 2.30 bits per heavy atom. The summed E-state index contributed by atoms with van der Waals surface area (Å²) in [5.41, 5.74) is -1.94. The van der Waals surface area contributed by atoms with Gasteiger partial charge in [0.25, 0.3) is 0 Å². The fourth-order valence-corrected chi connectivity index (χ4v) is 1.41. The van der Waals surface area contributed by atoms with E-state index < -0.39 is 29.1 Å². The van der Waals surface area contributed by atoms with E-state index in [1.165, 1.54) is 0 Å². The summed E-state index contributed by atoms with van der Waals surface area (Å²) >= 11 is 0. The SMILES string of the molecule is CC(C)(C)OC(=O)CNc1ccc(C(F)(F)F)c(F)c1. The number of ether oxygens (including phenoxy) is 1. The average molecular weight is 293 g/mol. The Kier molecular flexibility index (Phi) is 4.62. The third kappa shape index (κ3) is 5.07. The molecule has 0 amide bonds. The highest BCUT2D eigenvalue weighted by Gasteiger charge is 2.33. The maximum absolute atomic E-state index is 13.3. The van der Waals surface area contributed by atoms with E-state index in [9.17, 15) is 22.4 Å². The van der Waals surface area contributed by atoms with Gasteiger partial charge in [0.15, 0.2) is 0 Å². The molecule has 7 heteroatoms. The van der Waals surface area contributed by atoms with Crippen molar-refractivity contribution in [3.8, 4) is 0 Å². The predicted molar refractivity (Wildman–Crippen MR) is 65.7 cm³/mol. The van der Waals surface area contributed by atoms with E-state index in [0.717, 1.165) is 6.07 Å². The molecule has 1 aromatic carbocycles. The molecule has 112 valence electrons. The number of benzene rings is 1. The summed E-state index contributed by atoms with van der Waals surface area (Å²) in [5, 5.41) is 2.50. The number of anilines is 1. The number of hydrogen-bond acceptors (Lipinski definition) is 3. The molecule has 0 heterocycles. The normalized spacial score (nSPS) is 12.2. The highest BCUT2D eigenvalue weighted by Crippen LogP contribution is 2.32. The van der Waals surface area contributed by atoms with Gasteiger partial charge in [-0.25, -0.2) is 4.39 Å². The van der Waals surface area contributed by atoms with E-state index in [2.05, 4.69) is 5.32 Å². The molecular weight excluding hydrogens is 278 g/mol. The number of esters is 1. The number of halogens is 4. The van der Waals surface area contributed by atoms with Crippen LogP contribution in [0.2, 0.25) is 0 Å². The highest BCUT2D eigenvalue weighted by atomic mass is 19.4. The minimum atomic E-state index is -4.74. The lowest BCUT2D eigenvalue weighted by Crippen LogP contribution is -2.28. The van der Waals surface area contributed by atoms with Crippen LogP contribution in [0.15, 0.2) is 18.2 Å². The summed E-state index contributed by atoms with van der Waals surface area (Å²) < 4.78 is 55.3. The Balaban J connectivity index is 2.67. The molecule has 0 bridgehead atoms. The molecule has 0 unspecified atom stereocenters. The lowest BCUT2D eigenvalue weighted by Gasteiger charge is -2.19. The van der Waals surface area contributed by atoms with Crippen LogP contribution < -0.4 is 5.32 Å². The summed E-state index contributed by atoms with van der Waals surface area (Å²) in [6.07, 6.45) is -4.74. The molecule has 0 spiro atoms. The molecule has 0 saturated heterocycles. The second kappa shape index (κ2) is 5.68. The largest absolute Gasteiger partial charge is 0.459 e. The van der Waals surface area contributed by atoms with Crippen molar-refractivity contribution in [3.05, 3.63) is 29.6 Å². The molecule has 3 nitrogen and oxygen atoms in total. The predicted octanol–water partition coefficient (Wildman–Crippen LogP) is 3.60. The van der Waals surface area contributed by atoms with E-state index >= 15 is 0 Å². The molecule has 0 aliphatic rings. The van der Waals surface area contributed by atoms with Gasteiger partial charge < -0.3 is 10.1 Å². The van der Waals surface area contributed by atoms with Gasteiger partial charge in [0.1, 0.15) is 18.0 Å². The van der Waals surface area contributed by atoms with Gasteiger partial charge in [-0.2, -0.15) is 13.2 Å². The number of nitrogens with one attached hydrogen (secondary N) is 1. The molecule has 0 aliphatic heterocycles. The second-order valence-electron chi connectivity index (χ2n) is 5.13. The molecule has 0 saturated carbocycles. The quantitative estimate of drug-likeness (QED) is 0.683. The van der Waals surface area contributed by atoms with Gasteiger partial charge in [-0.3, -0.25) is 4.79 Å². The number of carbonyl (C=O) groups excluding carboxylic acids is 1. The van der Waals surface area contributed by atoms with Gasteiger partial charge in [0.05, 0.1) is 5.56 Å². The number of alkyl halides is 3. The van der Waals surface area contributed by atoms with E-state index in [1.54, 1.807) is 20.8 Å². The van der Waals surface area contributed by atoms with E-state index in [0.29, 0.717) is 12.1 Å². The number of carbonyl (C=O) groups is 1. The Morgan fingerprint density at radius 2 is 1.85 bits per heavy atom. The van der Waals surface area contributed by atoms with Crippen LogP contribution in [0.1, 0.15) is 26.3 Å². The standard InChI is InChI=1S/C13H15F4NO2/c1-12(2,3)20-11(19)7-18-8-4-5-9(10(14)6-8)13(15,16)17/h4-6,18H,7H2,1-3H3. The Bertz CT molecular complexity index is 492. The van der Waals surface area contributed by atoms with Crippen LogP contribution in [0.5, 0.6) is 0 Å². The second-order valence-corrected chi connectivity index (χ2v) is 5.13. The topological polar surface area (TPSA) is 38.3 Å². The van der Waals surface area contributed by atoms with Crippen molar-refractivity contribution in [3.63, 3.8) is 0 Å². The Labute approximate surface area is 113 Å². The smallest absolute Gasteiger partial charge is 0.419 e. The third-order valence-corrected chi connectivity index (χ3v) is 2.13. The van der Waals surface area contributed by atoms with Crippen LogP contribution in [-0.2, 0) is 15.7 Å². The molecule has 0 fully saturated rings. The zero-order valence-corrected chi connectivity index (χ0v) is 11.3. The lowest BCUT2D eigenvalue weighted by molar-refractivity contribution is -0.152. The molecule has 1 aromatic rings. The summed E-state index contributed by atoms with van der Waals surface area (Å²) in [6.45, 7) is 4.79. The molecule has 20 heavy (non-hydrogen) atoms. The average Bonchev–Trinajstić information content (AvgIpc) is 2.22. The van der Waals surface area contributed by atoms with Crippen LogP contribution >= 0.6 is 0 Å². The van der Waals surface area contributed by atoms with Crippen LogP contribution in [0, 0.1) is 5.82 Å². The van der Waals surface area contributed by atoms with Crippen molar-refractivity contribution < 1.29 is 27.1 Å². The molecule has 1 N–H and O–H groups in total. The van der Waals surface area contributed by atoms with Gasteiger partial charge in [-0.1, -0.05) is 0 Å². The van der Waals surface area contributed by atoms with Gasteiger partial charge in [0, 0.05) is 5.69 Å². The first-order valence-corrected chi connectivity index (χ1v) is 5.81. The van der Waals surface area contributed by atoms with Gasteiger partial charge in [-0.05, 0) is 39.0 Å². The van der Waals surface area contributed by atoms with Crippen molar-refractivity contribution in [2.24, 2.45) is 0 Å². The van der Waals surface area contributed by atoms with Crippen LogP contribution in [-0.4, -0.2) is 18.1 Å². The lowest BCUT2D eigenvalue weighted by atomic mass is 10.2. The summed E-state index contributed by atoms with van der Waals surface area (Å²) in [5.74, 6) is -1.98. The van der Waals surface area contributed by atoms with Gasteiger partial charge in [0.2, 0.25) is 0 Å². The first-order chi connectivity index (χ1) is 8.99. The van der Waals surface area contributed by atoms with Crippen molar-refractivity contribution >= 4 is 11.7 Å². The van der Waals surface area contributed by atoms with Crippen LogP contribution in [0.3, 0.4) is 0 Å². The molecular formula is C13H15F4NO2. The number of rotatable bonds is 3. The van der Waals surface area contributed by atoms with E-state index in [1.807, 2.05) is 0 Å². The van der Waals surface area contributed by atoms with Crippen molar-refractivity contribution in [1.82, 2.24) is 0 Å². The third-order valence-electron chi connectivity index (χ3n) is 2.13. The number of hydrogen-bond donors (Lipinski definition) is 1. The van der Waals surface area contributed by atoms with E-state index in [-0.39, 0.29) is 12.2 Å². The molecule has 0 aliphatic carbocycles. The molecule has 0 atom stereocenters. The summed E-state index contributed by atoms with van der Waals surface area (Å²) in [7, 11) is 0. The van der Waals surface area contributed by atoms with Gasteiger partial charge in [-0.15, -0.1) is 0 Å². The fourth-order valence-electron chi connectivity index (χ4n) is 1.41. The van der Waals surface area contributed by atoms with Crippen LogP contribution in [0.4, 0.5) is 23.2 Å². The fraction of sp³-hybridized carbons (Fsp3) is 0.462. The highest BCUT2D eigenvalue weighted by molar-refractivity contribution is 5.75. The van der Waals surface area contributed by atoms with E-state index in [4.69, 9.17) is 4.74 Å². The maximum Gasteiger partial charge on any atom is 0.419 e. The molecule has 0 radical (unpaired) electrons. The zero-order chi connectivity index (χ0) is 15.6. The first-order valence-electron chi connectivity index (χ1n) is 5.81. The molecule has 1 rings (SSSR count). The van der Waals surface area contributed by atoms with Crippen molar-refractivity contribution in [1.29, 1.82) is 0 Å². The monoisotopic (exact) mass is 293 g/mol. The minimum absolute atomic E-state index is 0.0707. The first kappa shape index (κ1) is 16.3. The van der Waals surface area contributed by atoms with Crippen molar-refractivity contribution in [2.45, 2.75) is 32.5 Å². The molecule has 0 aromatic heterocycles.